The van der Waals surface area contributed by atoms with Gasteiger partial charge in [-0.15, -0.1) is 0 Å². The molecule has 0 aliphatic rings. The lowest BCUT2D eigenvalue weighted by Crippen LogP contribution is -2.74. The zero-order valence-electron chi connectivity index (χ0n) is 64.3. The van der Waals surface area contributed by atoms with Crippen molar-refractivity contribution in [3.8, 4) is 23.0 Å². The topological polar surface area (TPSA) is 35.6 Å². The van der Waals surface area contributed by atoms with Crippen LogP contribution in [0.3, 0.4) is 0 Å². The monoisotopic (exact) mass is 780 g/mol. The Morgan fingerprint density at radius 2 is 0.737 bits per heavy atom. The molecule has 0 spiro atoms. The summed E-state index contributed by atoms with van der Waals surface area (Å²) in [6, 6.07) is -42.6. The Hall–Kier alpha value is -7.34. The minimum atomic E-state index is -6.66. The van der Waals surface area contributed by atoms with E-state index >= 15 is 0 Å². The lowest BCUT2D eigenvalue weighted by Gasteiger charge is -2.34. The van der Waals surface area contributed by atoms with Crippen LogP contribution < -0.4 is 20.7 Å². The summed E-state index contributed by atoms with van der Waals surface area (Å²) in [5, 5.41) is -7.79. The molecule has 3 aromatic heterocycles. The summed E-state index contributed by atoms with van der Waals surface area (Å²) in [6.07, 6.45) is 0. The van der Waals surface area contributed by atoms with E-state index in [4.69, 9.17) is 28.8 Å². The maximum absolute atomic E-state index is 10.6. The predicted octanol–water partition coefficient (Wildman–Crippen LogP) is 9.72. The van der Waals surface area contributed by atoms with Crippen molar-refractivity contribution in [2.45, 2.75) is 0 Å². The molecule has 8 aromatic carbocycles. The van der Waals surface area contributed by atoms with Gasteiger partial charge >= 0.3 is 0 Å². The van der Waals surface area contributed by atoms with Gasteiger partial charge in [0.25, 0.3) is 0 Å². The average molecular weight is 781 g/mol. The molecule has 0 N–H and O–H groups in total. The van der Waals surface area contributed by atoms with Gasteiger partial charge < -0.3 is 0 Å². The number of fused-ring (bicyclic) bond motifs is 6. The van der Waals surface area contributed by atoms with Crippen LogP contribution in [0.1, 0.15) is 49.3 Å². The highest BCUT2D eigenvalue weighted by molar-refractivity contribution is 7.19. The van der Waals surface area contributed by atoms with Crippen LogP contribution in [-0.4, -0.2) is 27.2 Å². The van der Waals surface area contributed by atoms with E-state index < -0.39 is 313 Å². The average Bonchev–Trinajstić information content (AvgIpc) is 0.939. The van der Waals surface area contributed by atoms with Crippen molar-refractivity contribution in [2.75, 3.05) is 0 Å². The summed E-state index contributed by atoms with van der Waals surface area (Å²) >= 11 is 0. The normalized spacial score (nSPS) is 20.7. The van der Waals surface area contributed by atoms with Crippen molar-refractivity contribution < 1.29 is 49.3 Å². The zero-order valence-corrected chi connectivity index (χ0v) is 29.3. The maximum atomic E-state index is 10.6. The van der Waals surface area contributed by atoms with Crippen LogP contribution in [0.25, 0.3) is 66.6 Å². The molecule has 0 atom stereocenters. The molecule has 57 heavy (non-hydrogen) atoms. The molecule has 0 saturated carbocycles. The van der Waals surface area contributed by atoms with Crippen LogP contribution in [-0.2, 0) is 0 Å². The molecule has 11 rings (SSSR count). The highest BCUT2D eigenvalue weighted by atomic mass is 28.3. The summed E-state index contributed by atoms with van der Waals surface area (Å²) in [7, 11) is -6.66. The predicted molar refractivity (Wildman–Crippen MR) is 240 cm³/mol. The van der Waals surface area contributed by atoms with Crippen LogP contribution in [0.4, 0.5) is 0 Å². The first-order valence-electron chi connectivity index (χ1n) is 34.5. The van der Waals surface area contributed by atoms with Gasteiger partial charge in [0.2, 0.25) is 5.95 Å². The molecule has 0 aliphatic carbocycles. The standard InChI is InChI=1S/C52H36N4Si/c1-4-20-38(21-5-1)57(39-22-6-2-7-23-39,40-24-8-3-9-25-40)41-26-18-19-37(35-41)46-36-51(55-47-31-14-10-27-42(47)43-28-11-15-32-48(43)55)54-52(53-46)56-49-33-16-12-29-44(49)45-30-13-17-34-50(45)56/h1-36H/i1D,2D,3D,4D,5D,6D,7D,8D,9D,10D,11D,12D,13D,14D,15D,16D,17D,18D,19D,20D,21D,22D,23D,24D,25D,26D,27D,28D,29D,30D,31D,32D,33D,34D,35D,36D. The first-order valence-corrected chi connectivity index (χ1v) is 18.5. The Labute approximate surface area is 382 Å². The van der Waals surface area contributed by atoms with Gasteiger partial charge in [0, 0.05) is 33.2 Å². The van der Waals surface area contributed by atoms with Gasteiger partial charge in [0.1, 0.15) is 5.82 Å². The van der Waals surface area contributed by atoms with Crippen molar-refractivity contribution >= 4 is 72.4 Å². The molecule has 268 valence electrons. The Morgan fingerprint density at radius 3 is 1.19 bits per heavy atom. The van der Waals surface area contributed by atoms with Crippen molar-refractivity contribution in [1.29, 1.82) is 0 Å². The lowest BCUT2D eigenvalue weighted by atomic mass is 10.1. The summed E-state index contributed by atoms with van der Waals surface area (Å²) in [4.78, 5) is 9.15. The minimum absolute atomic E-state index is 0.593. The Kier molecular flexibility index (Phi) is 3.03. The SMILES string of the molecule is [2H]c1c(-c2c([2H])c([2H])c([2H])c([Si](c3c([2H])c([2H])c([2H])c([2H])c3[2H])(c3c([2H])c([2H])c([2H])c([2H])c3[2H])c3c([2H])c([2H])c([2H])c([2H])c3[2H])c2[2H])nc(-n2c3c([2H])c([2H])c([2H])c([2H])c3c3c([2H])c([2H])c([2H])c([2H])c32)nc1-n1c2c([2H])c([2H])c([2H])c([2H])c2c2c([2H])c([2H])c([2H])c([2H])c21. The molecular weight excluding hydrogens is 709 g/mol. The number of para-hydroxylation sites is 4. The second kappa shape index (κ2) is 13.4. The second-order valence-corrected chi connectivity index (χ2v) is 15.4. The molecule has 5 heteroatoms. The minimum Gasteiger partial charge on any atom is -0.294 e. The molecule has 0 radical (unpaired) electrons. The Bertz CT molecular complexity index is 4960. The van der Waals surface area contributed by atoms with Crippen LogP contribution in [0, 0.1) is 0 Å². The Balaban J connectivity index is 1.51. The second-order valence-electron chi connectivity index (χ2n) is 11.9. The number of hydrogen-bond donors (Lipinski definition) is 0. The lowest BCUT2D eigenvalue weighted by molar-refractivity contribution is 0.952. The molecule has 0 aliphatic heterocycles. The van der Waals surface area contributed by atoms with E-state index in [1.54, 1.807) is 0 Å². The van der Waals surface area contributed by atoms with Crippen LogP contribution in [0.15, 0.2) is 218 Å². The first kappa shape index (κ1) is 12.8. The first-order chi connectivity index (χ1) is 43.2. The number of aromatic nitrogens is 4. The fraction of sp³-hybridized carbons (Fsp3) is 0. The Morgan fingerprint density at radius 1 is 0.351 bits per heavy atom. The molecule has 11 aromatic rings. The molecular formula is C52H36N4Si. The van der Waals surface area contributed by atoms with Gasteiger partial charge in [0.05, 0.1) is 77.1 Å². The molecule has 0 unspecified atom stereocenters. The molecule has 0 amide bonds. The van der Waals surface area contributed by atoms with Crippen LogP contribution in [0.5, 0.6) is 0 Å². The van der Waals surface area contributed by atoms with Gasteiger partial charge in [-0.3, -0.25) is 9.13 Å². The van der Waals surface area contributed by atoms with Gasteiger partial charge in [-0.1, -0.05) is 187 Å². The molecule has 3 heterocycles. The summed E-state index contributed by atoms with van der Waals surface area (Å²) in [5.74, 6) is -2.30. The van der Waals surface area contributed by atoms with E-state index in [0.717, 1.165) is 0 Å². The third-order valence-corrected chi connectivity index (χ3v) is 13.0. The van der Waals surface area contributed by atoms with Gasteiger partial charge in [-0.05, 0) is 44.9 Å². The number of rotatable bonds is 7. The van der Waals surface area contributed by atoms with E-state index in [-0.39, 0.29) is 0 Å². The summed E-state index contributed by atoms with van der Waals surface area (Å²) < 4.78 is 333. The number of benzene rings is 8. The highest BCUT2D eigenvalue weighted by Crippen LogP contribution is 2.35. The smallest absolute Gasteiger partial charge is 0.237 e. The largest absolute Gasteiger partial charge is 0.294 e. The quantitative estimate of drug-likeness (QED) is 0.119. The van der Waals surface area contributed by atoms with Crippen molar-refractivity contribution in [3.63, 3.8) is 0 Å². The van der Waals surface area contributed by atoms with Crippen molar-refractivity contribution in [3.05, 3.63) is 218 Å². The fourth-order valence-electron chi connectivity index (χ4n) is 6.67. The zero-order chi connectivity index (χ0) is 69.1. The number of hydrogen-bond acceptors (Lipinski definition) is 2. The van der Waals surface area contributed by atoms with Gasteiger partial charge in [-0.25, -0.2) is 4.98 Å². The molecule has 0 fully saturated rings. The molecule has 0 saturated heterocycles. The van der Waals surface area contributed by atoms with Crippen molar-refractivity contribution in [2.24, 2.45) is 0 Å². The third-order valence-electron chi connectivity index (χ3n) is 8.99. The van der Waals surface area contributed by atoms with E-state index in [2.05, 4.69) is 9.97 Å². The third kappa shape index (κ3) is 5.20. The van der Waals surface area contributed by atoms with Gasteiger partial charge in [-0.2, -0.15) is 4.98 Å². The summed E-state index contributed by atoms with van der Waals surface area (Å²) in [6.45, 7) is 0. The van der Waals surface area contributed by atoms with Crippen LogP contribution in [0.2, 0.25) is 0 Å². The van der Waals surface area contributed by atoms with E-state index in [0.29, 0.717) is 9.13 Å². The van der Waals surface area contributed by atoms with E-state index in [9.17, 15) is 20.6 Å². The molecule has 4 nitrogen and oxygen atoms in total. The van der Waals surface area contributed by atoms with Crippen molar-refractivity contribution in [1.82, 2.24) is 19.1 Å². The fourth-order valence-corrected chi connectivity index (χ4v) is 10.2. The highest BCUT2D eigenvalue weighted by Gasteiger charge is 2.41. The van der Waals surface area contributed by atoms with Gasteiger partial charge in [0.15, 0.2) is 8.07 Å². The maximum Gasteiger partial charge on any atom is 0.237 e. The van der Waals surface area contributed by atoms with E-state index in [1.807, 2.05) is 0 Å². The van der Waals surface area contributed by atoms with E-state index in [1.165, 1.54) is 0 Å². The number of nitrogens with zero attached hydrogens (tertiary/aromatic N) is 4. The summed E-state index contributed by atoms with van der Waals surface area (Å²) in [5.41, 5.74) is -5.74. The molecule has 0 bridgehead atoms. The van der Waals surface area contributed by atoms with Crippen LogP contribution >= 0.6 is 0 Å².